The second-order valence-corrected chi connectivity index (χ2v) is 7.46. The van der Waals surface area contributed by atoms with Crippen LogP contribution in [0.1, 0.15) is 11.4 Å². The Morgan fingerprint density at radius 3 is 2.58 bits per heavy atom. The fourth-order valence-electron chi connectivity index (χ4n) is 2.59. The van der Waals surface area contributed by atoms with Gasteiger partial charge in [0, 0.05) is 19.2 Å². The van der Waals surface area contributed by atoms with E-state index in [1.807, 2.05) is 0 Å². The summed E-state index contributed by atoms with van der Waals surface area (Å²) in [5, 5.41) is 22.4. The highest BCUT2D eigenvalue weighted by Crippen LogP contribution is 2.23. The van der Waals surface area contributed by atoms with Crippen LogP contribution in [0.25, 0.3) is 0 Å². The minimum absolute atomic E-state index is 0.0768. The molecule has 3 aromatic rings. The van der Waals surface area contributed by atoms with Gasteiger partial charge in [0.05, 0.1) is 23.5 Å². The Bertz CT molecular complexity index is 1080. The number of aryl methyl sites for hydroxylation is 1. The summed E-state index contributed by atoms with van der Waals surface area (Å²) >= 11 is 1.21. The van der Waals surface area contributed by atoms with E-state index in [4.69, 9.17) is 9.47 Å². The van der Waals surface area contributed by atoms with Crippen LogP contribution in [0.2, 0.25) is 0 Å². The van der Waals surface area contributed by atoms with Crippen LogP contribution in [-0.4, -0.2) is 38.5 Å². The van der Waals surface area contributed by atoms with Crippen molar-refractivity contribution in [2.45, 2.75) is 18.7 Å². The average molecular weight is 443 g/mol. The van der Waals surface area contributed by atoms with Gasteiger partial charge in [-0.2, -0.15) is 0 Å². The maximum absolute atomic E-state index is 12.3. The van der Waals surface area contributed by atoms with Crippen LogP contribution in [0.5, 0.6) is 11.5 Å². The molecule has 1 aromatic heterocycles. The van der Waals surface area contributed by atoms with Gasteiger partial charge in [-0.25, -0.2) is 0 Å². The molecule has 31 heavy (non-hydrogen) atoms. The molecule has 1 heterocycles. The number of ether oxygens (including phenoxy) is 2. The predicted molar refractivity (Wildman–Crippen MR) is 116 cm³/mol. The first-order chi connectivity index (χ1) is 14.9. The molecule has 0 bridgehead atoms. The Balaban J connectivity index is 1.55. The number of nitro groups is 1. The van der Waals surface area contributed by atoms with E-state index in [0.717, 1.165) is 11.3 Å². The van der Waals surface area contributed by atoms with Gasteiger partial charge in [0.15, 0.2) is 11.0 Å². The van der Waals surface area contributed by atoms with Gasteiger partial charge < -0.3 is 19.4 Å². The number of hydrogen-bond donors (Lipinski definition) is 1. The first-order valence-electron chi connectivity index (χ1n) is 9.20. The van der Waals surface area contributed by atoms with Crippen molar-refractivity contribution in [2.24, 2.45) is 7.05 Å². The zero-order chi connectivity index (χ0) is 22.4. The van der Waals surface area contributed by atoms with E-state index in [-0.39, 0.29) is 24.0 Å². The minimum Gasteiger partial charge on any atom is -0.497 e. The monoisotopic (exact) mass is 443 g/mol. The predicted octanol–water partition coefficient (Wildman–Crippen LogP) is 3.35. The number of benzene rings is 2. The van der Waals surface area contributed by atoms with Crippen LogP contribution in [0.15, 0.2) is 47.6 Å². The molecule has 0 aliphatic carbocycles. The summed E-state index contributed by atoms with van der Waals surface area (Å²) in [6.07, 6.45) is 0. The summed E-state index contributed by atoms with van der Waals surface area (Å²) in [6.45, 7) is 1.99. The van der Waals surface area contributed by atoms with Gasteiger partial charge in [0.25, 0.3) is 5.69 Å². The minimum atomic E-state index is -0.501. The van der Waals surface area contributed by atoms with E-state index in [9.17, 15) is 14.9 Å². The van der Waals surface area contributed by atoms with Crippen LogP contribution in [0, 0.1) is 17.0 Å². The van der Waals surface area contributed by atoms with E-state index in [2.05, 4.69) is 15.5 Å². The molecule has 0 radical (unpaired) electrons. The molecule has 0 saturated heterocycles. The first-order valence-corrected chi connectivity index (χ1v) is 10.2. The molecule has 0 saturated carbocycles. The van der Waals surface area contributed by atoms with Crippen LogP contribution in [0.3, 0.4) is 0 Å². The summed E-state index contributed by atoms with van der Waals surface area (Å²) < 4.78 is 12.6. The Morgan fingerprint density at radius 2 is 1.90 bits per heavy atom. The number of methoxy groups -OCH3 is 1. The Kier molecular flexibility index (Phi) is 7.08. The summed E-state index contributed by atoms with van der Waals surface area (Å²) in [6, 6.07) is 11.5. The molecular formula is C20H21N5O5S. The highest BCUT2D eigenvalue weighted by molar-refractivity contribution is 7.99. The number of non-ortho nitro benzene ring substituents is 1. The van der Waals surface area contributed by atoms with Crippen molar-refractivity contribution in [2.75, 3.05) is 18.2 Å². The molecule has 1 amide bonds. The van der Waals surface area contributed by atoms with Crippen molar-refractivity contribution in [1.82, 2.24) is 14.8 Å². The number of carbonyl (C=O) groups is 1. The maximum Gasteiger partial charge on any atom is 0.271 e. The van der Waals surface area contributed by atoms with Crippen LogP contribution < -0.4 is 14.8 Å². The number of anilines is 1. The Hall–Kier alpha value is -3.60. The fraction of sp³-hybridized carbons (Fsp3) is 0.250. The number of carbonyl (C=O) groups excluding carboxylic acids is 1. The standard InChI is InChI=1S/C20H21N5O5S/c1-13-4-5-14(25(27)28)10-17(13)21-19(26)12-31-20-23-22-18(24(20)2)11-30-16-8-6-15(29-3)7-9-16/h4-10H,11-12H2,1-3H3,(H,21,26). The topological polar surface area (TPSA) is 121 Å². The van der Waals surface area contributed by atoms with E-state index in [0.29, 0.717) is 22.4 Å². The maximum atomic E-state index is 12.3. The molecule has 0 fully saturated rings. The van der Waals surface area contributed by atoms with Crippen molar-refractivity contribution in [3.8, 4) is 11.5 Å². The van der Waals surface area contributed by atoms with Crippen LogP contribution >= 0.6 is 11.8 Å². The molecule has 0 atom stereocenters. The summed E-state index contributed by atoms with van der Waals surface area (Å²) in [4.78, 5) is 22.7. The number of nitrogens with one attached hydrogen (secondary N) is 1. The van der Waals surface area contributed by atoms with Crippen molar-refractivity contribution >= 4 is 29.0 Å². The quantitative estimate of drug-likeness (QED) is 0.304. The summed E-state index contributed by atoms with van der Waals surface area (Å²) in [5.41, 5.74) is 1.07. The lowest BCUT2D eigenvalue weighted by atomic mass is 10.2. The molecule has 10 nitrogen and oxygen atoms in total. The fourth-order valence-corrected chi connectivity index (χ4v) is 3.32. The summed E-state index contributed by atoms with van der Waals surface area (Å²) in [7, 11) is 3.39. The smallest absolute Gasteiger partial charge is 0.271 e. The summed E-state index contributed by atoms with van der Waals surface area (Å²) in [5.74, 6) is 1.79. The van der Waals surface area contributed by atoms with Crippen molar-refractivity contribution < 1.29 is 19.2 Å². The average Bonchev–Trinajstić information content (AvgIpc) is 3.12. The largest absolute Gasteiger partial charge is 0.497 e. The van der Waals surface area contributed by atoms with Crippen molar-refractivity contribution in [1.29, 1.82) is 0 Å². The lowest BCUT2D eigenvalue weighted by molar-refractivity contribution is -0.384. The molecule has 3 rings (SSSR count). The number of amides is 1. The number of hydrogen-bond acceptors (Lipinski definition) is 8. The molecule has 0 aliphatic rings. The van der Waals surface area contributed by atoms with Gasteiger partial charge in [-0.15, -0.1) is 10.2 Å². The molecule has 0 aliphatic heterocycles. The Labute approximate surface area is 182 Å². The van der Waals surface area contributed by atoms with Gasteiger partial charge in [-0.3, -0.25) is 14.9 Å². The lowest BCUT2D eigenvalue weighted by Crippen LogP contribution is -2.15. The highest BCUT2D eigenvalue weighted by Gasteiger charge is 2.14. The van der Waals surface area contributed by atoms with Crippen LogP contribution in [0.4, 0.5) is 11.4 Å². The van der Waals surface area contributed by atoms with Gasteiger partial charge in [-0.05, 0) is 36.8 Å². The highest BCUT2D eigenvalue weighted by atomic mass is 32.2. The number of nitro benzene ring substituents is 1. The SMILES string of the molecule is COc1ccc(OCc2nnc(SCC(=O)Nc3cc([N+](=O)[O-])ccc3C)n2C)cc1. The van der Waals surface area contributed by atoms with E-state index >= 15 is 0 Å². The third kappa shape index (κ3) is 5.72. The molecular weight excluding hydrogens is 422 g/mol. The van der Waals surface area contributed by atoms with Gasteiger partial charge >= 0.3 is 0 Å². The molecule has 0 unspecified atom stereocenters. The van der Waals surface area contributed by atoms with Gasteiger partial charge in [0.1, 0.15) is 18.1 Å². The van der Waals surface area contributed by atoms with Crippen molar-refractivity contribution in [3.05, 3.63) is 64.0 Å². The van der Waals surface area contributed by atoms with Crippen LogP contribution in [-0.2, 0) is 18.4 Å². The van der Waals surface area contributed by atoms with E-state index < -0.39 is 4.92 Å². The molecule has 0 spiro atoms. The number of nitrogens with zero attached hydrogens (tertiary/aromatic N) is 4. The third-order valence-electron chi connectivity index (χ3n) is 4.39. The zero-order valence-corrected chi connectivity index (χ0v) is 18.0. The second kappa shape index (κ2) is 9.94. The number of rotatable bonds is 9. The van der Waals surface area contributed by atoms with Gasteiger partial charge in [0.2, 0.25) is 5.91 Å². The Morgan fingerprint density at radius 1 is 1.19 bits per heavy atom. The molecule has 2 aromatic carbocycles. The number of aromatic nitrogens is 3. The molecule has 11 heteroatoms. The molecule has 162 valence electrons. The first kappa shape index (κ1) is 22.1. The second-order valence-electron chi connectivity index (χ2n) is 6.52. The van der Waals surface area contributed by atoms with E-state index in [1.54, 1.807) is 56.0 Å². The van der Waals surface area contributed by atoms with E-state index in [1.165, 1.54) is 23.9 Å². The van der Waals surface area contributed by atoms with Crippen molar-refractivity contribution in [3.63, 3.8) is 0 Å². The third-order valence-corrected chi connectivity index (χ3v) is 5.41. The number of thioether (sulfide) groups is 1. The van der Waals surface area contributed by atoms with Gasteiger partial charge in [-0.1, -0.05) is 17.8 Å². The lowest BCUT2D eigenvalue weighted by Gasteiger charge is -2.09. The zero-order valence-electron chi connectivity index (χ0n) is 17.2. The normalized spacial score (nSPS) is 10.5. The molecule has 1 N–H and O–H groups in total.